The summed E-state index contributed by atoms with van der Waals surface area (Å²) < 4.78 is 6.03. The molecule has 0 spiro atoms. The molecule has 2 amide bonds. The van der Waals surface area contributed by atoms with Crippen molar-refractivity contribution in [1.82, 2.24) is 20.6 Å². The van der Waals surface area contributed by atoms with E-state index in [-0.39, 0.29) is 49.1 Å². The molecule has 11 nitrogen and oxygen atoms in total. The highest BCUT2D eigenvalue weighted by atomic mass is 16.7. The number of amides is 2. The number of nitrogens with one attached hydrogen (secondary N) is 2. The molecule has 9 atom stereocenters. The van der Waals surface area contributed by atoms with Gasteiger partial charge in [-0.2, -0.15) is 5.06 Å². The van der Waals surface area contributed by atoms with E-state index in [1.807, 2.05) is 61.5 Å². The lowest BCUT2D eigenvalue weighted by Gasteiger charge is -2.62. The molecule has 4 aliphatic rings. The standard InChI is InChI=1S/C44H60N4O7/c1-26-36-20-33(44(36,3)4)21-37(26)46-43(53)40-39(27(2)51)38(25-50)55-48(40)22-30-14-11-15-35(41(30)54-7)31-16-29(24-49)17-32(19-31)42(52)45-34(23-47(5)6)18-28-12-9-8-10-13-28/h8-17,19,26-27,33-34,36-40,49-51H,18,20-25H2,1-7H3,(H,45,52)(H,46,53)/t26-,27-,33+,34-,36-,37-,38-,39-,40-/m0/s1. The molecule has 3 aromatic rings. The summed E-state index contributed by atoms with van der Waals surface area (Å²) in [6, 6.07) is 20.1. The number of rotatable bonds is 15. The number of hydroxylamine groups is 2. The Labute approximate surface area is 326 Å². The van der Waals surface area contributed by atoms with Gasteiger partial charge in [0, 0.05) is 41.2 Å². The highest BCUT2D eigenvalue weighted by molar-refractivity contribution is 5.96. The summed E-state index contributed by atoms with van der Waals surface area (Å²) in [6.07, 6.45) is 1.08. The van der Waals surface area contributed by atoms with Crippen LogP contribution in [0, 0.1) is 29.1 Å². The molecule has 2 bridgehead atoms. The minimum atomic E-state index is -0.918. The number of methoxy groups -OCH3 is 1. The number of fused-ring (bicyclic) bond motifs is 2. The number of ether oxygens (including phenoxy) is 1. The van der Waals surface area contributed by atoms with Crippen molar-refractivity contribution in [1.29, 1.82) is 0 Å². The van der Waals surface area contributed by atoms with E-state index >= 15 is 0 Å². The normalized spacial score (nSPS) is 26.9. The van der Waals surface area contributed by atoms with Crippen LogP contribution in [0.1, 0.15) is 67.6 Å². The molecule has 55 heavy (non-hydrogen) atoms. The van der Waals surface area contributed by atoms with Gasteiger partial charge in [0.25, 0.3) is 5.91 Å². The SMILES string of the molecule is COc1c(CN2O[C@@H](CO)[C@H]([C@H](C)O)[C@H]2C(=O)N[C@H]2C[C@H]3C[C@@H]([C@@H]2C)C3(C)C)cccc1-c1cc(CO)cc(C(=O)N[C@@H](Cc2ccccc2)CN(C)C)c1. The Hall–Kier alpha value is -3.84. The minimum absolute atomic E-state index is 0.0218. The van der Waals surface area contributed by atoms with Crippen molar-refractivity contribution >= 4 is 11.8 Å². The zero-order valence-electron chi connectivity index (χ0n) is 33.4. The first-order valence-corrected chi connectivity index (χ1v) is 19.7. The van der Waals surface area contributed by atoms with Gasteiger partial charge >= 0.3 is 0 Å². The number of para-hydroxylation sites is 1. The summed E-state index contributed by atoms with van der Waals surface area (Å²) in [7, 11) is 5.52. The predicted octanol–water partition coefficient (Wildman–Crippen LogP) is 4.42. The molecule has 0 radical (unpaired) electrons. The highest BCUT2D eigenvalue weighted by Gasteiger charge is 2.57. The Bertz CT molecular complexity index is 1800. The summed E-state index contributed by atoms with van der Waals surface area (Å²) in [4.78, 5) is 36.4. The maximum Gasteiger partial charge on any atom is 0.251 e. The molecule has 11 heteroatoms. The number of hydrogen-bond acceptors (Lipinski definition) is 9. The molecule has 3 aliphatic carbocycles. The van der Waals surface area contributed by atoms with Gasteiger partial charge in [-0.25, -0.2) is 0 Å². The summed E-state index contributed by atoms with van der Waals surface area (Å²) in [5, 5.41) is 39.7. The monoisotopic (exact) mass is 756 g/mol. The van der Waals surface area contributed by atoms with Crippen LogP contribution < -0.4 is 15.4 Å². The first-order chi connectivity index (χ1) is 26.2. The Morgan fingerprint density at radius 2 is 1.78 bits per heavy atom. The smallest absolute Gasteiger partial charge is 0.251 e. The lowest BCUT2D eigenvalue weighted by molar-refractivity contribution is -0.183. The van der Waals surface area contributed by atoms with Crippen LogP contribution in [0.25, 0.3) is 11.1 Å². The molecule has 1 heterocycles. The van der Waals surface area contributed by atoms with Gasteiger partial charge < -0.3 is 35.6 Å². The Morgan fingerprint density at radius 1 is 1.04 bits per heavy atom. The third kappa shape index (κ3) is 8.62. The second-order valence-electron chi connectivity index (χ2n) is 16.9. The molecule has 0 unspecified atom stereocenters. The molecule has 0 aromatic heterocycles. The molecule has 3 aromatic carbocycles. The molecule has 7 rings (SSSR count). The van der Waals surface area contributed by atoms with Gasteiger partial charge in [-0.15, -0.1) is 0 Å². The lowest BCUT2D eigenvalue weighted by atomic mass is 9.45. The molecule has 298 valence electrons. The van der Waals surface area contributed by atoms with Gasteiger partial charge in [0.2, 0.25) is 5.91 Å². The second-order valence-corrected chi connectivity index (χ2v) is 16.9. The molecule has 3 saturated carbocycles. The van der Waals surface area contributed by atoms with Crippen molar-refractivity contribution in [2.75, 3.05) is 34.4 Å². The molecule has 1 saturated heterocycles. The van der Waals surface area contributed by atoms with Crippen LogP contribution in [-0.4, -0.2) is 102 Å². The number of carbonyl (C=O) groups is 2. The van der Waals surface area contributed by atoms with Crippen LogP contribution >= 0.6 is 0 Å². The fourth-order valence-corrected chi connectivity index (χ4v) is 9.67. The maximum absolute atomic E-state index is 14.3. The zero-order valence-corrected chi connectivity index (χ0v) is 33.4. The van der Waals surface area contributed by atoms with Crippen LogP contribution in [0.4, 0.5) is 0 Å². The average molecular weight is 757 g/mol. The Kier molecular flexibility index (Phi) is 12.7. The molecule has 4 fully saturated rings. The summed E-state index contributed by atoms with van der Waals surface area (Å²) >= 11 is 0. The van der Waals surface area contributed by atoms with Gasteiger partial charge in [-0.1, -0.05) is 69.3 Å². The van der Waals surface area contributed by atoms with Gasteiger partial charge in [-0.3, -0.25) is 14.4 Å². The van der Waals surface area contributed by atoms with E-state index in [0.717, 1.165) is 12.0 Å². The van der Waals surface area contributed by atoms with Gasteiger partial charge in [0.05, 0.1) is 33.0 Å². The number of carbonyl (C=O) groups excluding carboxylic acids is 2. The molecular weight excluding hydrogens is 697 g/mol. The fraction of sp³-hybridized carbons (Fsp3) is 0.545. The Balaban J connectivity index is 1.26. The molecule has 5 N–H and O–H groups in total. The number of likely N-dealkylation sites (N-methyl/N-ethyl adjacent to an activating group) is 1. The number of hydrogen-bond donors (Lipinski definition) is 5. The largest absolute Gasteiger partial charge is 0.496 e. The van der Waals surface area contributed by atoms with Gasteiger partial charge in [-0.05, 0) is 98.3 Å². The minimum Gasteiger partial charge on any atom is -0.496 e. The number of aliphatic hydroxyl groups is 3. The van der Waals surface area contributed by atoms with Crippen molar-refractivity contribution < 1.29 is 34.5 Å². The molecule has 1 aliphatic heterocycles. The zero-order chi connectivity index (χ0) is 39.6. The van der Waals surface area contributed by atoms with Crippen molar-refractivity contribution in [2.24, 2.45) is 29.1 Å². The molecular formula is C44H60N4O7. The third-order valence-electron chi connectivity index (χ3n) is 12.7. The van der Waals surface area contributed by atoms with Crippen LogP contribution in [-0.2, 0) is 29.2 Å². The van der Waals surface area contributed by atoms with E-state index < -0.39 is 24.2 Å². The third-order valence-corrected chi connectivity index (χ3v) is 12.7. The van der Waals surface area contributed by atoms with E-state index in [0.29, 0.717) is 64.3 Å². The Morgan fingerprint density at radius 3 is 2.40 bits per heavy atom. The predicted molar refractivity (Wildman–Crippen MR) is 212 cm³/mol. The first kappa shape index (κ1) is 40.8. The number of nitrogens with zero attached hydrogens (tertiary/aromatic N) is 2. The van der Waals surface area contributed by atoms with Crippen molar-refractivity contribution in [3.05, 3.63) is 89.0 Å². The highest BCUT2D eigenvalue weighted by Crippen LogP contribution is 2.61. The van der Waals surface area contributed by atoms with Crippen molar-refractivity contribution in [2.45, 2.75) is 90.4 Å². The van der Waals surface area contributed by atoms with Crippen LogP contribution in [0.3, 0.4) is 0 Å². The van der Waals surface area contributed by atoms with Crippen LogP contribution in [0.2, 0.25) is 0 Å². The van der Waals surface area contributed by atoms with E-state index in [1.165, 1.54) is 6.42 Å². The average Bonchev–Trinajstić information content (AvgIpc) is 3.53. The fourth-order valence-electron chi connectivity index (χ4n) is 9.67. The maximum atomic E-state index is 14.3. The number of benzene rings is 3. The van der Waals surface area contributed by atoms with Crippen LogP contribution in [0.15, 0.2) is 66.7 Å². The topological polar surface area (TPSA) is 144 Å². The van der Waals surface area contributed by atoms with E-state index in [2.05, 4.69) is 43.5 Å². The quantitative estimate of drug-likeness (QED) is 0.152. The van der Waals surface area contributed by atoms with Crippen molar-refractivity contribution in [3.8, 4) is 16.9 Å². The van der Waals surface area contributed by atoms with Gasteiger partial charge in [0.15, 0.2) is 0 Å². The summed E-state index contributed by atoms with van der Waals surface area (Å²) in [6.45, 7) is 8.67. The van der Waals surface area contributed by atoms with E-state index in [1.54, 1.807) is 31.2 Å². The van der Waals surface area contributed by atoms with E-state index in [9.17, 15) is 24.9 Å². The summed E-state index contributed by atoms with van der Waals surface area (Å²) in [5.41, 5.74) is 4.47. The number of aliphatic hydroxyl groups excluding tert-OH is 3. The van der Waals surface area contributed by atoms with Crippen molar-refractivity contribution in [3.63, 3.8) is 0 Å². The first-order valence-electron chi connectivity index (χ1n) is 19.7. The second kappa shape index (κ2) is 17.1. The van der Waals surface area contributed by atoms with Crippen LogP contribution in [0.5, 0.6) is 5.75 Å². The van der Waals surface area contributed by atoms with Gasteiger partial charge in [0.1, 0.15) is 17.9 Å². The van der Waals surface area contributed by atoms with E-state index in [4.69, 9.17) is 9.57 Å². The summed E-state index contributed by atoms with van der Waals surface area (Å²) in [5.74, 6) is 0.807. The lowest BCUT2D eigenvalue weighted by Crippen LogP contribution is -2.62.